The second-order valence-electron chi connectivity index (χ2n) is 10.5. The van der Waals surface area contributed by atoms with Crippen LogP contribution in [0, 0.1) is 37.5 Å². The normalized spacial score (nSPS) is 48.8. The number of fused-ring (bicyclic) bond motifs is 1. The average Bonchev–Trinajstić information content (AvgIpc) is 3.09. The Morgan fingerprint density at radius 1 is 0.893 bits per heavy atom. The lowest BCUT2D eigenvalue weighted by atomic mass is 9.51. The van der Waals surface area contributed by atoms with Crippen LogP contribution in [0.2, 0.25) is 0 Å². The third-order valence-electron chi connectivity index (χ3n) is 8.34. The molecule has 0 bridgehead atoms. The zero-order valence-corrected chi connectivity index (χ0v) is 17.8. The molecule has 1 unspecified atom stereocenters. The predicted molar refractivity (Wildman–Crippen MR) is 108 cm³/mol. The fourth-order valence-corrected chi connectivity index (χ4v) is 6.15. The van der Waals surface area contributed by atoms with Gasteiger partial charge in [0, 0.05) is 52.4 Å². The molecule has 0 aromatic heterocycles. The number of hydrogen-bond donors (Lipinski definition) is 1. The molecule has 0 amide bonds. The van der Waals surface area contributed by atoms with Crippen molar-refractivity contribution in [3.05, 3.63) is 34.3 Å². The summed E-state index contributed by atoms with van der Waals surface area (Å²) in [4.78, 5) is 11.6. The average molecular weight is 384 g/mol. The van der Waals surface area contributed by atoms with Gasteiger partial charge in [-0.2, -0.15) is 0 Å². The Bertz CT molecular complexity index is 759. The first-order valence-corrected chi connectivity index (χ1v) is 10.5. The summed E-state index contributed by atoms with van der Waals surface area (Å²) < 4.78 is 6.57. The summed E-state index contributed by atoms with van der Waals surface area (Å²) in [7, 11) is 0. The van der Waals surface area contributed by atoms with Gasteiger partial charge in [0.25, 0.3) is 11.1 Å². The number of aliphatic hydroxyl groups is 1. The summed E-state index contributed by atoms with van der Waals surface area (Å²) in [6.45, 7) is 32.9. The highest BCUT2D eigenvalue weighted by atomic mass is 16.5. The van der Waals surface area contributed by atoms with Gasteiger partial charge in [-0.15, -0.1) is 0 Å². The maximum absolute atomic E-state index is 11.3. The van der Waals surface area contributed by atoms with Crippen molar-refractivity contribution in [1.29, 1.82) is 0 Å². The summed E-state index contributed by atoms with van der Waals surface area (Å²) in [6, 6.07) is 0. The van der Waals surface area contributed by atoms with Crippen LogP contribution in [0.3, 0.4) is 0 Å². The molecule has 0 spiro atoms. The summed E-state index contributed by atoms with van der Waals surface area (Å²) in [5.41, 5.74) is -2.24. The van der Waals surface area contributed by atoms with Gasteiger partial charge in [-0.3, -0.25) is 0 Å². The predicted octanol–water partition coefficient (Wildman–Crippen LogP) is 4.78. The van der Waals surface area contributed by atoms with Crippen molar-refractivity contribution in [2.45, 2.75) is 108 Å². The minimum Gasteiger partial charge on any atom is -0.384 e. The number of aliphatic hydroxyl groups excluding tert-OH is 1. The highest BCUT2D eigenvalue weighted by Gasteiger charge is 2.65. The number of nitrogens with zero attached hydrogens (tertiary/aromatic N) is 3. The number of ether oxygens (including phenoxy) is 1. The molecule has 5 heteroatoms. The van der Waals surface area contributed by atoms with Gasteiger partial charge in [-0.05, 0) is 38.5 Å². The monoisotopic (exact) mass is 383 g/mol. The summed E-state index contributed by atoms with van der Waals surface area (Å²) >= 11 is 0. The maximum Gasteiger partial charge on any atom is 0.255 e. The van der Waals surface area contributed by atoms with E-state index >= 15 is 0 Å². The molecule has 1 N–H and O–H groups in total. The van der Waals surface area contributed by atoms with Crippen molar-refractivity contribution in [1.82, 2.24) is 0 Å². The quantitative estimate of drug-likeness (QED) is 0.698. The van der Waals surface area contributed by atoms with E-state index in [0.717, 1.165) is 32.1 Å². The van der Waals surface area contributed by atoms with Crippen molar-refractivity contribution < 1.29 is 9.84 Å². The second kappa shape index (κ2) is 6.73. The molecule has 3 aliphatic rings. The van der Waals surface area contributed by atoms with Crippen LogP contribution in [-0.2, 0) is 4.74 Å². The van der Waals surface area contributed by atoms with Crippen LogP contribution in [0.4, 0.5) is 0 Å². The molecule has 1 saturated heterocycles. The third kappa shape index (κ3) is 3.03. The number of hydrogen-bond acceptors (Lipinski definition) is 2. The van der Waals surface area contributed by atoms with E-state index in [1.807, 2.05) is 27.7 Å². The van der Waals surface area contributed by atoms with Gasteiger partial charge in [0.2, 0.25) is 5.54 Å². The first-order chi connectivity index (χ1) is 13.0. The summed E-state index contributed by atoms with van der Waals surface area (Å²) in [5, 5.41) is 11.3. The fraction of sp³-hybridized carbons (Fsp3) is 0.870. The maximum atomic E-state index is 11.3. The Balaban J connectivity index is 1.97. The van der Waals surface area contributed by atoms with Crippen molar-refractivity contribution in [3.8, 4) is 0 Å². The fourth-order valence-electron chi connectivity index (χ4n) is 6.15. The number of rotatable bonds is 2. The Hall–Kier alpha value is -1.61. The van der Waals surface area contributed by atoms with Crippen LogP contribution in [0.25, 0.3) is 14.5 Å². The molecule has 152 valence electrons. The van der Waals surface area contributed by atoms with Crippen LogP contribution < -0.4 is 0 Å². The Labute approximate surface area is 169 Å². The van der Waals surface area contributed by atoms with E-state index in [1.165, 1.54) is 0 Å². The molecule has 1 aliphatic heterocycles. The molecular weight excluding hydrogens is 350 g/mol. The van der Waals surface area contributed by atoms with Crippen LogP contribution >= 0.6 is 0 Å². The Morgan fingerprint density at radius 2 is 1.46 bits per heavy atom. The van der Waals surface area contributed by atoms with Gasteiger partial charge in [0.1, 0.15) is 12.2 Å². The van der Waals surface area contributed by atoms with Crippen LogP contribution in [0.5, 0.6) is 0 Å². The molecule has 0 aromatic rings. The zero-order valence-electron chi connectivity index (χ0n) is 17.8. The second-order valence-corrected chi connectivity index (χ2v) is 10.5. The smallest absolute Gasteiger partial charge is 0.255 e. The van der Waals surface area contributed by atoms with Crippen LogP contribution in [0.15, 0.2) is 0 Å². The molecule has 3 fully saturated rings. The van der Waals surface area contributed by atoms with Crippen molar-refractivity contribution in [2.24, 2.45) is 17.8 Å². The molecule has 0 radical (unpaired) electrons. The molecular formula is C23H33N3O2. The van der Waals surface area contributed by atoms with Crippen molar-refractivity contribution in [2.75, 3.05) is 0 Å². The lowest BCUT2D eigenvalue weighted by Gasteiger charge is -2.53. The van der Waals surface area contributed by atoms with E-state index in [-0.39, 0.29) is 23.9 Å². The minimum atomic E-state index is -0.788. The van der Waals surface area contributed by atoms with E-state index in [9.17, 15) is 5.11 Å². The molecule has 28 heavy (non-hydrogen) atoms. The van der Waals surface area contributed by atoms with E-state index in [1.54, 1.807) is 0 Å². The largest absolute Gasteiger partial charge is 0.384 e. The standard InChI is InChI=1S/C23H33N3O2/c1-20(2,24-6)17-11-14-23(5,28-17)16-10-12-21(3,25-7)15-9-13-22(4,26-8)19(27)18(15)16/h15-19,27H,9-14H2,1-5H3/t15-,16-,17?,18+,19-,21+,22-,23+/m0/s1. The van der Waals surface area contributed by atoms with E-state index in [0.29, 0.717) is 6.42 Å². The first-order valence-electron chi connectivity index (χ1n) is 10.5. The summed E-state index contributed by atoms with van der Waals surface area (Å²) in [5.74, 6) is 0.0812. The minimum absolute atomic E-state index is 0.0851. The molecule has 8 atom stereocenters. The lowest BCUT2D eigenvalue weighted by Crippen LogP contribution is -2.62. The van der Waals surface area contributed by atoms with Crippen LogP contribution in [0.1, 0.15) is 73.1 Å². The molecule has 5 nitrogen and oxygen atoms in total. The summed E-state index contributed by atoms with van der Waals surface area (Å²) in [6.07, 6.45) is 3.92. The molecule has 2 saturated carbocycles. The molecule has 1 heterocycles. The highest BCUT2D eigenvalue weighted by Crippen LogP contribution is 2.58. The third-order valence-corrected chi connectivity index (χ3v) is 8.34. The van der Waals surface area contributed by atoms with Gasteiger partial charge in [-0.25, -0.2) is 19.7 Å². The molecule has 0 aromatic carbocycles. The van der Waals surface area contributed by atoms with Crippen LogP contribution in [-0.4, -0.2) is 39.5 Å². The van der Waals surface area contributed by atoms with E-state index in [2.05, 4.69) is 21.5 Å². The first kappa shape index (κ1) is 21.1. The Morgan fingerprint density at radius 3 is 2.04 bits per heavy atom. The SMILES string of the molecule is [C-]#[N+]C(C)(C)C1CC[C@](C)([C@H]2CC[C@@](C)([N+]#[C-])[C@H]3CC[C@](C)([N+]#[C-])[C@@H](O)[C@H]32)O1. The van der Waals surface area contributed by atoms with Gasteiger partial charge in [0.15, 0.2) is 0 Å². The zero-order chi connectivity index (χ0) is 21.0. The van der Waals surface area contributed by atoms with E-state index < -0.39 is 28.3 Å². The van der Waals surface area contributed by atoms with Gasteiger partial charge in [0.05, 0.1) is 5.60 Å². The van der Waals surface area contributed by atoms with Crippen molar-refractivity contribution >= 4 is 0 Å². The van der Waals surface area contributed by atoms with Gasteiger partial charge < -0.3 is 24.4 Å². The van der Waals surface area contributed by atoms with Gasteiger partial charge in [-0.1, -0.05) is 0 Å². The van der Waals surface area contributed by atoms with Crippen molar-refractivity contribution in [3.63, 3.8) is 0 Å². The molecule has 3 rings (SSSR count). The topological polar surface area (TPSA) is 42.5 Å². The Kier molecular flexibility index (Phi) is 5.07. The lowest BCUT2D eigenvalue weighted by molar-refractivity contribution is -0.157. The van der Waals surface area contributed by atoms with Gasteiger partial charge >= 0.3 is 0 Å². The van der Waals surface area contributed by atoms with E-state index in [4.69, 9.17) is 24.5 Å². The molecule has 2 aliphatic carbocycles. The highest BCUT2D eigenvalue weighted by molar-refractivity contribution is 5.19.